The Morgan fingerprint density at radius 3 is 2.22 bits per heavy atom. The molecule has 0 saturated carbocycles. The third-order valence-corrected chi connectivity index (χ3v) is 4.79. The highest BCUT2D eigenvalue weighted by molar-refractivity contribution is 6.08. The third-order valence-electron chi connectivity index (χ3n) is 4.79. The summed E-state index contributed by atoms with van der Waals surface area (Å²) in [6.45, 7) is 4.49. The number of Topliss-reactive ketones (excluding diaryl/α,β-unsaturated/α-hetero) is 1. The van der Waals surface area contributed by atoms with E-state index in [0.717, 1.165) is 4.90 Å². The smallest absolute Gasteiger partial charge is 0.326 e. The minimum Gasteiger partial charge on any atom is -0.497 e. The van der Waals surface area contributed by atoms with Gasteiger partial charge in [0, 0.05) is 5.56 Å². The number of hydrogen-bond acceptors (Lipinski definition) is 6. The number of esters is 1. The lowest BCUT2D eigenvalue weighted by Gasteiger charge is -2.23. The largest absolute Gasteiger partial charge is 0.497 e. The Hall–Kier alpha value is -2.90. The van der Waals surface area contributed by atoms with Crippen molar-refractivity contribution >= 4 is 23.7 Å². The molecule has 0 bridgehead atoms. The van der Waals surface area contributed by atoms with Crippen LogP contribution in [0.1, 0.15) is 44.0 Å². The Balaban J connectivity index is 1.99. The monoisotopic (exact) mass is 376 g/mol. The van der Waals surface area contributed by atoms with Crippen LogP contribution in [0.25, 0.3) is 0 Å². The lowest BCUT2D eigenvalue weighted by atomic mass is 9.93. The molecule has 1 atom stereocenters. The van der Waals surface area contributed by atoms with Gasteiger partial charge in [-0.25, -0.2) is 4.79 Å². The van der Waals surface area contributed by atoms with Gasteiger partial charge < -0.3 is 14.8 Å². The number of benzene rings is 1. The Bertz CT molecular complexity index is 739. The van der Waals surface area contributed by atoms with Gasteiger partial charge in [0.25, 0.3) is 5.91 Å². The standard InChI is InChI=1S/C19H24N2O6/c1-5-19(6-2)17(24)21(18(25)20-19)11-15(22)27-12(3)16(23)13-7-9-14(26-4)10-8-13/h7-10,12H,5-6,11H2,1-4H3,(H,20,25)/t12-/m0/s1. The predicted octanol–water partition coefficient (Wildman–Crippen LogP) is 1.92. The minimum absolute atomic E-state index is 0.363. The molecule has 1 fully saturated rings. The molecular weight excluding hydrogens is 352 g/mol. The molecule has 8 nitrogen and oxygen atoms in total. The van der Waals surface area contributed by atoms with E-state index in [1.54, 1.807) is 38.1 Å². The summed E-state index contributed by atoms with van der Waals surface area (Å²) in [4.78, 5) is 49.9. The highest BCUT2D eigenvalue weighted by Crippen LogP contribution is 2.24. The third kappa shape index (κ3) is 4.10. The SMILES string of the molecule is CCC1(CC)NC(=O)N(CC(=O)O[C@@H](C)C(=O)c2ccc(OC)cc2)C1=O. The van der Waals surface area contributed by atoms with E-state index in [0.29, 0.717) is 24.2 Å². The number of ketones is 1. The Morgan fingerprint density at radius 1 is 1.15 bits per heavy atom. The second-order valence-corrected chi connectivity index (χ2v) is 6.34. The summed E-state index contributed by atoms with van der Waals surface area (Å²) in [5, 5.41) is 2.64. The van der Waals surface area contributed by atoms with Gasteiger partial charge in [-0.15, -0.1) is 0 Å². The number of methoxy groups -OCH3 is 1. The van der Waals surface area contributed by atoms with Crippen molar-refractivity contribution in [1.82, 2.24) is 10.2 Å². The van der Waals surface area contributed by atoms with E-state index in [2.05, 4.69) is 5.32 Å². The van der Waals surface area contributed by atoms with Gasteiger partial charge in [-0.3, -0.25) is 19.3 Å². The quantitative estimate of drug-likeness (QED) is 0.422. The molecule has 1 aliphatic rings. The molecule has 0 aromatic heterocycles. The van der Waals surface area contributed by atoms with Crippen LogP contribution in [0.3, 0.4) is 0 Å². The number of rotatable bonds is 8. The summed E-state index contributed by atoms with van der Waals surface area (Å²) >= 11 is 0. The fraction of sp³-hybridized carbons (Fsp3) is 0.474. The molecule has 1 aromatic rings. The molecule has 146 valence electrons. The fourth-order valence-electron chi connectivity index (χ4n) is 2.96. The van der Waals surface area contributed by atoms with Crippen molar-refractivity contribution in [2.24, 2.45) is 0 Å². The Labute approximate surface area is 157 Å². The molecule has 3 amide bonds. The van der Waals surface area contributed by atoms with Crippen molar-refractivity contribution in [3.63, 3.8) is 0 Å². The number of carbonyl (C=O) groups is 4. The minimum atomic E-state index is -1.05. The fourth-order valence-corrected chi connectivity index (χ4v) is 2.96. The Morgan fingerprint density at radius 2 is 1.74 bits per heavy atom. The molecule has 0 spiro atoms. The first-order chi connectivity index (χ1) is 12.8. The van der Waals surface area contributed by atoms with Gasteiger partial charge in [0.2, 0.25) is 5.78 Å². The van der Waals surface area contributed by atoms with Crippen molar-refractivity contribution in [1.29, 1.82) is 0 Å². The summed E-state index contributed by atoms with van der Waals surface area (Å²) in [6, 6.07) is 5.77. The molecule has 1 saturated heterocycles. The van der Waals surface area contributed by atoms with Crippen molar-refractivity contribution < 1.29 is 28.7 Å². The molecule has 1 aliphatic heterocycles. The van der Waals surface area contributed by atoms with Crippen LogP contribution >= 0.6 is 0 Å². The second kappa shape index (κ2) is 8.20. The van der Waals surface area contributed by atoms with Crippen LogP contribution in [-0.2, 0) is 14.3 Å². The Kier molecular flexibility index (Phi) is 6.20. The maximum atomic E-state index is 12.5. The van der Waals surface area contributed by atoms with Crippen molar-refractivity contribution in [2.45, 2.75) is 45.3 Å². The average Bonchev–Trinajstić information content (AvgIpc) is 2.92. The van der Waals surface area contributed by atoms with Crippen LogP contribution in [0.2, 0.25) is 0 Å². The number of nitrogens with zero attached hydrogens (tertiary/aromatic N) is 1. The van der Waals surface area contributed by atoms with Crippen LogP contribution in [0.4, 0.5) is 4.79 Å². The van der Waals surface area contributed by atoms with Gasteiger partial charge in [-0.05, 0) is 44.0 Å². The van der Waals surface area contributed by atoms with Crippen molar-refractivity contribution in [2.75, 3.05) is 13.7 Å². The van der Waals surface area contributed by atoms with Gasteiger partial charge in [0.15, 0.2) is 6.10 Å². The maximum absolute atomic E-state index is 12.5. The van der Waals surface area contributed by atoms with Gasteiger partial charge in [-0.1, -0.05) is 13.8 Å². The number of carbonyl (C=O) groups excluding carboxylic acids is 4. The molecule has 27 heavy (non-hydrogen) atoms. The molecule has 0 radical (unpaired) electrons. The van der Waals surface area contributed by atoms with E-state index in [4.69, 9.17) is 9.47 Å². The van der Waals surface area contributed by atoms with E-state index in [9.17, 15) is 19.2 Å². The summed E-state index contributed by atoms with van der Waals surface area (Å²) in [6.07, 6.45) is -0.202. The first-order valence-electron chi connectivity index (χ1n) is 8.79. The normalized spacial score (nSPS) is 16.7. The zero-order valence-electron chi connectivity index (χ0n) is 15.9. The van der Waals surface area contributed by atoms with Gasteiger partial charge >= 0.3 is 12.0 Å². The van der Waals surface area contributed by atoms with E-state index in [1.807, 2.05) is 0 Å². The highest BCUT2D eigenvalue weighted by Gasteiger charge is 2.49. The topological polar surface area (TPSA) is 102 Å². The summed E-state index contributed by atoms with van der Waals surface area (Å²) in [5.74, 6) is -1.07. The zero-order valence-corrected chi connectivity index (χ0v) is 15.9. The van der Waals surface area contributed by atoms with Gasteiger partial charge in [0.1, 0.15) is 17.8 Å². The van der Waals surface area contributed by atoms with Crippen molar-refractivity contribution in [3.05, 3.63) is 29.8 Å². The number of amides is 3. The molecule has 0 aliphatic carbocycles. The molecule has 0 unspecified atom stereocenters. The number of ether oxygens (including phenoxy) is 2. The second-order valence-electron chi connectivity index (χ2n) is 6.34. The van der Waals surface area contributed by atoms with Crippen LogP contribution in [-0.4, -0.2) is 53.9 Å². The lowest BCUT2D eigenvalue weighted by molar-refractivity contribution is -0.150. The molecule has 1 N–H and O–H groups in total. The van der Waals surface area contributed by atoms with Gasteiger partial charge in [-0.2, -0.15) is 0 Å². The summed E-state index contributed by atoms with van der Waals surface area (Å²) < 4.78 is 10.2. The number of hydrogen-bond donors (Lipinski definition) is 1. The molecule has 1 aromatic carbocycles. The zero-order chi connectivity index (χ0) is 20.2. The van der Waals surface area contributed by atoms with E-state index in [1.165, 1.54) is 14.0 Å². The number of nitrogens with one attached hydrogen (secondary N) is 1. The molecule has 8 heteroatoms. The van der Waals surface area contributed by atoms with Crippen LogP contribution in [0.5, 0.6) is 5.75 Å². The maximum Gasteiger partial charge on any atom is 0.326 e. The molecule has 2 rings (SSSR count). The predicted molar refractivity (Wildman–Crippen MR) is 96.4 cm³/mol. The van der Waals surface area contributed by atoms with Crippen LogP contribution in [0, 0.1) is 0 Å². The highest BCUT2D eigenvalue weighted by atomic mass is 16.5. The van der Waals surface area contributed by atoms with Crippen LogP contribution < -0.4 is 10.1 Å². The first kappa shape index (κ1) is 20.4. The summed E-state index contributed by atoms with van der Waals surface area (Å²) in [7, 11) is 1.52. The average molecular weight is 376 g/mol. The van der Waals surface area contributed by atoms with E-state index < -0.39 is 36.1 Å². The number of urea groups is 1. The first-order valence-corrected chi connectivity index (χ1v) is 8.79. The number of imide groups is 1. The van der Waals surface area contributed by atoms with Gasteiger partial charge in [0.05, 0.1) is 7.11 Å². The lowest BCUT2D eigenvalue weighted by Crippen LogP contribution is -2.46. The van der Waals surface area contributed by atoms with Crippen molar-refractivity contribution in [3.8, 4) is 5.75 Å². The molecular formula is C19H24N2O6. The van der Waals surface area contributed by atoms with E-state index >= 15 is 0 Å². The van der Waals surface area contributed by atoms with E-state index in [-0.39, 0.29) is 5.78 Å². The molecule has 1 heterocycles. The van der Waals surface area contributed by atoms with Crippen LogP contribution in [0.15, 0.2) is 24.3 Å². The summed E-state index contributed by atoms with van der Waals surface area (Å²) in [5.41, 5.74) is -0.621.